The number of hydrogen-bond acceptors (Lipinski definition) is 4. The molecule has 1 aliphatic rings. The zero-order valence-electron chi connectivity index (χ0n) is 10.5. The van der Waals surface area contributed by atoms with E-state index in [1.165, 1.54) is 0 Å². The minimum atomic E-state index is -0.678. The number of allylic oxidation sites excluding steroid dienone is 2. The molecule has 0 atom stereocenters. The van der Waals surface area contributed by atoms with E-state index in [4.69, 9.17) is 0 Å². The van der Waals surface area contributed by atoms with E-state index < -0.39 is 11.1 Å². The van der Waals surface area contributed by atoms with Crippen LogP contribution in [0.5, 0.6) is 0 Å². The highest BCUT2D eigenvalue weighted by atomic mass is 16.2. The maximum Gasteiger partial charge on any atom is 0.314 e. The Balaban J connectivity index is 2.42. The molecule has 96 valence electrons. The molecule has 1 aromatic heterocycles. The fourth-order valence-electron chi connectivity index (χ4n) is 2.16. The van der Waals surface area contributed by atoms with Gasteiger partial charge >= 0.3 is 11.1 Å². The summed E-state index contributed by atoms with van der Waals surface area (Å²) < 4.78 is 0. The van der Waals surface area contributed by atoms with Crippen molar-refractivity contribution in [3.8, 4) is 0 Å². The number of nitrogens with zero attached hydrogens (tertiary/aromatic N) is 1. The van der Waals surface area contributed by atoms with Gasteiger partial charge in [-0.3, -0.25) is 9.59 Å². The minimum absolute atomic E-state index is 0.525. The smallest absolute Gasteiger partial charge is 0.314 e. The standard InChI is InChI=1S/C13H12N4O2/c1-6-5-7(2)15-10-8(14-6)3-4-9-11(10)17-13(19)12(18)16-9/h3-5,14H,1-2H3,(H,16,18)(H,17,19). The molecule has 3 N–H and O–H groups in total. The maximum absolute atomic E-state index is 11.5. The van der Waals surface area contributed by atoms with Crippen molar-refractivity contribution in [3.05, 3.63) is 44.6 Å². The van der Waals surface area contributed by atoms with Gasteiger partial charge in [-0.1, -0.05) is 0 Å². The van der Waals surface area contributed by atoms with Gasteiger partial charge in [0.1, 0.15) is 5.69 Å². The maximum atomic E-state index is 11.5. The van der Waals surface area contributed by atoms with Crippen LogP contribution in [0.4, 0.5) is 11.4 Å². The van der Waals surface area contributed by atoms with Gasteiger partial charge < -0.3 is 15.3 Å². The van der Waals surface area contributed by atoms with Crippen LogP contribution in [-0.4, -0.2) is 15.7 Å². The first kappa shape index (κ1) is 11.5. The fourth-order valence-corrected chi connectivity index (χ4v) is 2.16. The Bertz CT molecular complexity index is 855. The molecule has 0 saturated carbocycles. The van der Waals surface area contributed by atoms with Crippen LogP contribution in [0.1, 0.15) is 13.8 Å². The van der Waals surface area contributed by atoms with Gasteiger partial charge in [-0.15, -0.1) is 0 Å². The van der Waals surface area contributed by atoms with Gasteiger partial charge in [0, 0.05) is 11.4 Å². The molecule has 0 radical (unpaired) electrons. The van der Waals surface area contributed by atoms with Crippen molar-refractivity contribution in [3.63, 3.8) is 0 Å². The third-order valence-electron chi connectivity index (χ3n) is 2.92. The monoisotopic (exact) mass is 256 g/mol. The number of anilines is 1. The quantitative estimate of drug-likeness (QED) is 0.626. The molecule has 3 rings (SSSR count). The first-order valence-electron chi connectivity index (χ1n) is 5.84. The second-order valence-electron chi connectivity index (χ2n) is 4.50. The molecule has 0 spiro atoms. The highest BCUT2D eigenvalue weighted by Crippen LogP contribution is 2.33. The first-order valence-corrected chi connectivity index (χ1v) is 5.84. The van der Waals surface area contributed by atoms with Crippen LogP contribution >= 0.6 is 0 Å². The normalized spacial score (nSPS) is 14.2. The van der Waals surface area contributed by atoms with E-state index in [0.29, 0.717) is 16.7 Å². The van der Waals surface area contributed by atoms with Crippen molar-refractivity contribution >= 4 is 28.1 Å². The van der Waals surface area contributed by atoms with Gasteiger partial charge in [0.25, 0.3) is 0 Å². The lowest BCUT2D eigenvalue weighted by Gasteiger charge is -2.09. The number of aromatic nitrogens is 2. The predicted octanol–water partition coefficient (Wildman–Crippen LogP) is 1.64. The zero-order chi connectivity index (χ0) is 13.6. The second kappa shape index (κ2) is 3.94. The Morgan fingerprint density at radius 1 is 1.05 bits per heavy atom. The summed E-state index contributed by atoms with van der Waals surface area (Å²) in [7, 11) is 0. The lowest BCUT2D eigenvalue weighted by atomic mass is 10.2. The lowest BCUT2D eigenvalue weighted by molar-refractivity contribution is 1.14. The van der Waals surface area contributed by atoms with E-state index >= 15 is 0 Å². The van der Waals surface area contributed by atoms with Crippen LogP contribution in [0.25, 0.3) is 11.0 Å². The molecule has 0 aliphatic carbocycles. The minimum Gasteiger partial charge on any atom is -0.357 e. The van der Waals surface area contributed by atoms with Crippen molar-refractivity contribution in [1.29, 1.82) is 0 Å². The molecule has 0 fully saturated rings. The van der Waals surface area contributed by atoms with Gasteiger partial charge in [-0.2, -0.15) is 0 Å². The van der Waals surface area contributed by atoms with Crippen LogP contribution in [0.15, 0.2) is 38.5 Å². The Morgan fingerprint density at radius 2 is 1.79 bits per heavy atom. The van der Waals surface area contributed by atoms with E-state index in [2.05, 4.69) is 20.3 Å². The molecule has 2 heterocycles. The van der Waals surface area contributed by atoms with Crippen LogP contribution < -0.4 is 16.4 Å². The molecular formula is C13H12N4O2. The predicted molar refractivity (Wildman–Crippen MR) is 75.3 cm³/mol. The number of rotatable bonds is 0. The second-order valence-corrected chi connectivity index (χ2v) is 4.50. The first-order chi connectivity index (χ1) is 9.04. The molecule has 6 heteroatoms. The molecule has 0 unspecified atom stereocenters. The number of benzene rings is 1. The molecule has 19 heavy (non-hydrogen) atoms. The summed E-state index contributed by atoms with van der Waals surface area (Å²) in [5, 5.41) is 3.21. The van der Waals surface area contributed by atoms with Crippen LogP contribution in [0, 0.1) is 0 Å². The zero-order valence-corrected chi connectivity index (χ0v) is 10.5. The molecule has 1 aliphatic heterocycles. The van der Waals surface area contributed by atoms with E-state index in [1.807, 2.05) is 26.0 Å². The summed E-state index contributed by atoms with van der Waals surface area (Å²) >= 11 is 0. The largest absolute Gasteiger partial charge is 0.357 e. The number of fused-ring (bicyclic) bond motifs is 3. The summed E-state index contributed by atoms with van der Waals surface area (Å²) in [6, 6.07) is 3.56. The Labute approximate surface area is 107 Å². The number of nitrogens with one attached hydrogen (secondary N) is 3. The van der Waals surface area contributed by atoms with Gasteiger partial charge in [0.15, 0.2) is 0 Å². The lowest BCUT2D eigenvalue weighted by Crippen LogP contribution is -2.28. The molecule has 0 amide bonds. The number of H-pyrrole nitrogens is 2. The molecule has 1 aromatic carbocycles. The molecule has 0 bridgehead atoms. The SMILES string of the molecule is CC1=CC(C)=Nc2c(ccc3[nH]c(=O)c(=O)[nH]c23)N1. The number of hydrogen-bond donors (Lipinski definition) is 3. The molecule has 0 saturated heterocycles. The van der Waals surface area contributed by atoms with Crippen molar-refractivity contribution in [2.24, 2.45) is 4.99 Å². The highest BCUT2D eigenvalue weighted by molar-refractivity contribution is 6.03. The average Bonchev–Trinajstić information content (AvgIpc) is 2.48. The molecule has 6 nitrogen and oxygen atoms in total. The van der Waals surface area contributed by atoms with Gasteiger partial charge in [-0.05, 0) is 32.1 Å². The van der Waals surface area contributed by atoms with Gasteiger partial charge in [0.05, 0.1) is 16.7 Å². The van der Waals surface area contributed by atoms with E-state index in [-0.39, 0.29) is 0 Å². The van der Waals surface area contributed by atoms with Crippen LogP contribution in [0.3, 0.4) is 0 Å². The highest BCUT2D eigenvalue weighted by Gasteiger charge is 2.12. The summed E-state index contributed by atoms with van der Waals surface area (Å²) in [5.74, 6) is 0. The van der Waals surface area contributed by atoms with Crippen LogP contribution in [-0.2, 0) is 0 Å². The Hall–Kier alpha value is -2.63. The van der Waals surface area contributed by atoms with Crippen molar-refractivity contribution < 1.29 is 0 Å². The molecular weight excluding hydrogens is 244 g/mol. The van der Waals surface area contributed by atoms with Gasteiger partial charge in [-0.25, -0.2) is 4.99 Å². The van der Waals surface area contributed by atoms with Crippen molar-refractivity contribution in [2.75, 3.05) is 5.32 Å². The third-order valence-corrected chi connectivity index (χ3v) is 2.92. The number of aromatic amines is 2. The average molecular weight is 256 g/mol. The topological polar surface area (TPSA) is 90.1 Å². The molecule has 2 aromatic rings. The summed E-state index contributed by atoms with van der Waals surface area (Å²) in [5.41, 5.74) is 2.94. The van der Waals surface area contributed by atoms with Crippen molar-refractivity contribution in [1.82, 2.24) is 9.97 Å². The fraction of sp³-hybridized carbons (Fsp3) is 0.154. The Morgan fingerprint density at radius 3 is 2.58 bits per heavy atom. The third kappa shape index (κ3) is 1.87. The Kier molecular flexibility index (Phi) is 2.38. The van der Waals surface area contributed by atoms with E-state index in [0.717, 1.165) is 17.1 Å². The summed E-state index contributed by atoms with van der Waals surface area (Å²) in [6.45, 7) is 3.82. The summed E-state index contributed by atoms with van der Waals surface area (Å²) in [6.07, 6.45) is 1.91. The summed E-state index contributed by atoms with van der Waals surface area (Å²) in [4.78, 5) is 32.4. The van der Waals surface area contributed by atoms with E-state index in [9.17, 15) is 9.59 Å². The van der Waals surface area contributed by atoms with E-state index in [1.54, 1.807) is 6.07 Å². The van der Waals surface area contributed by atoms with Gasteiger partial charge in [0.2, 0.25) is 0 Å². The number of aliphatic imine (C=N–C) groups is 1. The van der Waals surface area contributed by atoms with Crippen LogP contribution in [0.2, 0.25) is 0 Å². The van der Waals surface area contributed by atoms with Crippen molar-refractivity contribution in [2.45, 2.75) is 13.8 Å².